The van der Waals surface area contributed by atoms with E-state index in [1.54, 1.807) is 35.8 Å². The predicted octanol–water partition coefficient (Wildman–Crippen LogP) is 4.65. The summed E-state index contributed by atoms with van der Waals surface area (Å²) >= 11 is 1.17. The summed E-state index contributed by atoms with van der Waals surface area (Å²) in [5, 5.41) is 12.0. The summed E-state index contributed by atoms with van der Waals surface area (Å²) in [7, 11) is 0. The zero-order chi connectivity index (χ0) is 22.0. The Morgan fingerprint density at radius 1 is 1.13 bits per heavy atom. The molecule has 0 radical (unpaired) electrons. The summed E-state index contributed by atoms with van der Waals surface area (Å²) in [5.41, 5.74) is 0.604. The molecule has 0 aliphatic carbocycles. The lowest BCUT2D eigenvalue weighted by molar-refractivity contribution is -0.141. The van der Waals surface area contributed by atoms with E-state index in [1.165, 1.54) is 39.2 Å². The monoisotopic (exact) mass is 449 g/mol. The van der Waals surface area contributed by atoms with E-state index in [1.807, 2.05) is 0 Å². The molecule has 3 heterocycles. The van der Waals surface area contributed by atoms with Gasteiger partial charge < -0.3 is 5.32 Å². The average Bonchev–Trinajstić information content (AvgIpc) is 3.45. The highest BCUT2D eigenvalue weighted by atomic mass is 32.1. The van der Waals surface area contributed by atoms with Gasteiger partial charge in [-0.3, -0.25) is 14.2 Å². The number of anilines is 1. The lowest BCUT2D eigenvalue weighted by atomic mass is 10.2. The number of nitrogens with zero attached hydrogens (tertiary/aromatic N) is 4. The normalized spacial score (nSPS) is 11.6. The highest BCUT2D eigenvalue weighted by Gasteiger charge is 2.33. The molecule has 4 aromatic rings. The van der Waals surface area contributed by atoms with Crippen molar-refractivity contribution in [2.75, 3.05) is 5.32 Å². The van der Waals surface area contributed by atoms with Crippen LogP contribution in [0.25, 0.3) is 0 Å². The summed E-state index contributed by atoms with van der Waals surface area (Å²) in [5.74, 6) is -0.715. The fourth-order valence-corrected chi connectivity index (χ4v) is 3.67. The van der Waals surface area contributed by atoms with Crippen LogP contribution >= 0.6 is 11.3 Å². The van der Waals surface area contributed by atoms with Crippen molar-refractivity contribution in [3.05, 3.63) is 87.9 Å². The molecule has 0 bridgehead atoms. The molecular weight excluding hydrogens is 434 g/mol. The van der Waals surface area contributed by atoms with E-state index in [4.69, 9.17) is 0 Å². The molecule has 0 saturated heterocycles. The van der Waals surface area contributed by atoms with Crippen LogP contribution in [0, 0.1) is 5.82 Å². The number of carbonyl (C=O) groups excluding carboxylic acids is 1. The summed E-state index contributed by atoms with van der Waals surface area (Å²) in [4.78, 5) is 12.9. The van der Waals surface area contributed by atoms with Gasteiger partial charge in [-0.2, -0.15) is 23.4 Å². The van der Waals surface area contributed by atoms with Gasteiger partial charge in [-0.25, -0.2) is 4.39 Å². The minimum Gasteiger partial charge on any atom is -0.319 e. The minimum absolute atomic E-state index is 0.112. The number of benzene rings is 1. The van der Waals surface area contributed by atoms with Crippen molar-refractivity contribution in [3.8, 4) is 0 Å². The fraction of sp³-hybridized carbons (Fsp3) is 0.150. The lowest BCUT2D eigenvalue weighted by Gasteiger charge is -2.03. The molecule has 0 unspecified atom stereocenters. The van der Waals surface area contributed by atoms with Gasteiger partial charge in [-0.1, -0.05) is 18.2 Å². The Morgan fingerprint density at radius 2 is 1.94 bits per heavy atom. The third-order valence-electron chi connectivity index (χ3n) is 4.33. The van der Waals surface area contributed by atoms with Crippen LogP contribution in [-0.4, -0.2) is 25.5 Å². The number of rotatable bonds is 6. The molecular formula is C20H15F4N5OS. The maximum Gasteiger partial charge on any atom is 0.435 e. The molecule has 160 valence electrons. The largest absolute Gasteiger partial charge is 0.435 e. The number of carbonyl (C=O) groups is 1. The van der Waals surface area contributed by atoms with E-state index < -0.39 is 11.9 Å². The molecule has 3 aromatic heterocycles. The van der Waals surface area contributed by atoms with Crippen molar-refractivity contribution in [2.45, 2.75) is 19.3 Å². The third-order valence-corrected chi connectivity index (χ3v) is 5.31. The molecule has 4 rings (SSSR count). The van der Waals surface area contributed by atoms with Gasteiger partial charge in [0.25, 0.3) is 5.91 Å². The number of thiophene rings is 1. The van der Waals surface area contributed by atoms with E-state index in [2.05, 4.69) is 15.5 Å². The molecule has 0 saturated carbocycles. The van der Waals surface area contributed by atoms with Crippen molar-refractivity contribution < 1.29 is 22.4 Å². The molecule has 0 atom stereocenters. The van der Waals surface area contributed by atoms with E-state index in [0.29, 0.717) is 21.7 Å². The summed E-state index contributed by atoms with van der Waals surface area (Å²) in [6.07, 6.45) is -0.219. The van der Waals surface area contributed by atoms with Crippen LogP contribution in [0.3, 0.4) is 0 Å². The Balaban J connectivity index is 1.38. The molecule has 6 nitrogen and oxygen atoms in total. The Morgan fingerprint density at radius 3 is 2.68 bits per heavy atom. The van der Waals surface area contributed by atoms with Crippen LogP contribution in [0.4, 0.5) is 23.2 Å². The highest BCUT2D eigenvalue weighted by Crippen LogP contribution is 2.27. The van der Waals surface area contributed by atoms with Crippen molar-refractivity contribution in [1.29, 1.82) is 0 Å². The van der Waals surface area contributed by atoms with E-state index >= 15 is 0 Å². The van der Waals surface area contributed by atoms with Gasteiger partial charge in [-0.15, -0.1) is 11.3 Å². The number of halogens is 4. The SMILES string of the molecule is O=C(Nc1cnn(Cc2ccccc2F)c1)c1cc(Cn2ccc(C(F)(F)F)n2)cs1. The van der Waals surface area contributed by atoms with Crippen LogP contribution < -0.4 is 5.32 Å². The molecule has 11 heteroatoms. The van der Waals surface area contributed by atoms with Crippen molar-refractivity contribution >= 4 is 22.9 Å². The number of aromatic nitrogens is 4. The smallest absolute Gasteiger partial charge is 0.319 e. The topological polar surface area (TPSA) is 64.7 Å². The lowest BCUT2D eigenvalue weighted by Crippen LogP contribution is -2.10. The van der Waals surface area contributed by atoms with Crippen LogP contribution in [0.1, 0.15) is 26.5 Å². The van der Waals surface area contributed by atoms with Gasteiger partial charge in [0.05, 0.1) is 29.9 Å². The Bertz CT molecular complexity index is 1210. The number of alkyl halides is 3. The maximum atomic E-state index is 13.8. The van der Waals surface area contributed by atoms with Crippen LogP contribution in [0.2, 0.25) is 0 Å². The standard InChI is InChI=1S/C20H15F4N5OS/c21-16-4-2-1-3-14(16)10-29-11-15(8-25-29)26-19(30)17-7-13(12-31-17)9-28-6-5-18(27-28)20(22,23)24/h1-8,11-12H,9-10H2,(H,26,30). The first-order chi connectivity index (χ1) is 14.8. The van der Waals surface area contributed by atoms with Gasteiger partial charge in [0.1, 0.15) is 5.82 Å². The van der Waals surface area contributed by atoms with Crippen LogP contribution in [-0.2, 0) is 19.3 Å². The fourth-order valence-electron chi connectivity index (χ4n) is 2.87. The molecule has 0 aliphatic rings. The Kier molecular flexibility index (Phi) is 5.59. The molecule has 0 spiro atoms. The summed E-state index contributed by atoms with van der Waals surface area (Å²) in [6, 6.07) is 8.84. The predicted molar refractivity (Wildman–Crippen MR) is 106 cm³/mol. The summed E-state index contributed by atoms with van der Waals surface area (Å²) in [6.45, 7) is 0.329. The number of hydrogen-bond donors (Lipinski definition) is 1. The van der Waals surface area contributed by atoms with E-state index in [-0.39, 0.29) is 24.8 Å². The van der Waals surface area contributed by atoms with Crippen LogP contribution in [0.5, 0.6) is 0 Å². The number of amides is 1. The Hall–Kier alpha value is -3.47. The van der Waals surface area contributed by atoms with Crippen LogP contribution in [0.15, 0.2) is 60.4 Å². The molecule has 0 fully saturated rings. The van der Waals surface area contributed by atoms with Gasteiger partial charge in [0.15, 0.2) is 5.69 Å². The quantitative estimate of drug-likeness (QED) is 0.436. The first-order valence-electron chi connectivity index (χ1n) is 9.03. The third kappa shape index (κ3) is 5.00. The molecule has 0 aliphatic heterocycles. The van der Waals surface area contributed by atoms with Crippen molar-refractivity contribution in [2.24, 2.45) is 0 Å². The second-order valence-corrected chi connectivity index (χ2v) is 7.60. The molecule has 31 heavy (non-hydrogen) atoms. The summed E-state index contributed by atoms with van der Waals surface area (Å²) < 4.78 is 54.4. The second-order valence-electron chi connectivity index (χ2n) is 6.69. The second kappa shape index (κ2) is 8.34. The number of hydrogen-bond acceptors (Lipinski definition) is 4. The van der Waals surface area contributed by atoms with E-state index in [9.17, 15) is 22.4 Å². The highest BCUT2D eigenvalue weighted by molar-refractivity contribution is 7.12. The molecule has 1 aromatic carbocycles. The number of nitrogens with one attached hydrogen (secondary N) is 1. The molecule has 1 N–H and O–H groups in total. The van der Waals surface area contributed by atoms with Gasteiger partial charge in [-0.05, 0) is 29.1 Å². The zero-order valence-electron chi connectivity index (χ0n) is 15.8. The van der Waals surface area contributed by atoms with Gasteiger partial charge in [0.2, 0.25) is 0 Å². The van der Waals surface area contributed by atoms with Gasteiger partial charge >= 0.3 is 6.18 Å². The Labute approximate surface area is 177 Å². The average molecular weight is 449 g/mol. The first kappa shape index (κ1) is 20.8. The maximum absolute atomic E-state index is 13.8. The first-order valence-corrected chi connectivity index (χ1v) is 9.91. The van der Waals surface area contributed by atoms with Gasteiger partial charge in [0, 0.05) is 18.0 Å². The zero-order valence-corrected chi connectivity index (χ0v) is 16.6. The minimum atomic E-state index is -4.50. The molecule has 1 amide bonds. The van der Waals surface area contributed by atoms with Crippen molar-refractivity contribution in [1.82, 2.24) is 19.6 Å². The van der Waals surface area contributed by atoms with Crippen molar-refractivity contribution in [3.63, 3.8) is 0 Å². The van der Waals surface area contributed by atoms with E-state index in [0.717, 1.165) is 6.07 Å².